The van der Waals surface area contributed by atoms with E-state index in [1.807, 2.05) is 0 Å². The van der Waals surface area contributed by atoms with Crippen LogP contribution in [0.4, 0.5) is 0 Å². The van der Waals surface area contributed by atoms with Gasteiger partial charge < -0.3 is 9.47 Å². The first-order valence-corrected chi connectivity index (χ1v) is 5.86. The molecule has 0 aromatic heterocycles. The maximum absolute atomic E-state index is 11.9. The van der Waals surface area contributed by atoms with Crippen molar-refractivity contribution >= 4 is 11.9 Å². The first kappa shape index (κ1) is 11.4. The summed E-state index contributed by atoms with van der Waals surface area (Å²) >= 11 is 0. The van der Waals surface area contributed by atoms with Crippen LogP contribution in [0.3, 0.4) is 0 Å². The van der Waals surface area contributed by atoms with Gasteiger partial charge in [0.2, 0.25) is 0 Å². The first-order valence-electron chi connectivity index (χ1n) is 5.86. The quantitative estimate of drug-likeness (QED) is 0.529. The van der Waals surface area contributed by atoms with E-state index in [-0.39, 0.29) is 11.8 Å². The van der Waals surface area contributed by atoms with Crippen molar-refractivity contribution in [2.75, 3.05) is 14.2 Å². The molecule has 0 aromatic rings. The van der Waals surface area contributed by atoms with E-state index in [0.717, 1.165) is 25.7 Å². The van der Waals surface area contributed by atoms with Crippen LogP contribution >= 0.6 is 0 Å². The molecule has 2 rings (SSSR count). The molecule has 4 nitrogen and oxygen atoms in total. The van der Waals surface area contributed by atoms with Crippen molar-refractivity contribution in [2.45, 2.75) is 32.1 Å². The molecule has 2 aliphatic carbocycles. The Bertz CT molecular complexity index is 280. The Labute approximate surface area is 95.3 Å². The van der Waals surface area contributed by atoms with Crippen molar-refractivity contribution in [2.24, 2.45) is 17.3 Å². The number of carbonyl (C=O) groups excluding carboxylic acids is 2. The Balaban J connectivity index is 2.25. The van der Waals surface area contributed by atoms with Crippen molar-refractivity contribution in [3.05, 3.63) is 0 Å². The predicted molar refractivity (Wildman–Crippen MR) is 56.5 cm³/mol. The number of methoxy groups -OCH3 is 2. The molecule has 2 saturated carbocycles. The lowest BCUT2D eigenvalue weighted by Gasteiger charge is -2.14. The van der Waals surface area contributed by atoms with Crippen molar-refractivity contribution in [3.63, 3.8) is 0 Å². The number of hydrogen-bond donors (Lipinski definition) is 0. The van der Waals surface area contributed by atoms with Gasteiger partial charge in [0.25, 0.3) is 0 Å². The number of carbonyl (C=O) groups is 2. The van der Waals surface area contributed by atoms with Gasteiger partial charge in [0.1, 0.15) is 0 Å². The monoisotopic (exact) mass is 226 g/mol. The molecule has 90 valence electrons. The third-order valence-electron chi connectivity index (χ3n) is 4.12. The molecule has 2 unspecified atom stereocenters. The fraction of sp³-hybridized carbons (Fsp3) is 0.833. The average Bonchev–Trinajstić information content (AvgIpc) is 2.99. The smallest absolute Gasteiger partial charge is 0.323 e. The van der Waals surface area contributed by atoms with E-state index in [4.69, 9.17) is 9.47 Å². The van der Waals surface area contributed by atoms with E-state index in [1.165, 1.54) is 20.6 Å². The van der Waals surface area contributed by atoms with Crippen LogP contribution in [0.25, 0.3) is 0 Å². The Morgan fingerprint density at radius 1 is 0.938 bits per heavy atom. The number of hydrogen-bond acceptors (Lipinski definition) is 4. The highest BCUT2D eigenvalue weighted by atomic mass is 16.5. The second-order valence-corrected chi connectivity index (χ2v) is 4.70. The first-order chi connectivity index (χ1) is 7.69. The Hall–Kier alpha value is -1.06. The van der Waals surface area contributed by atoms with Gasteiger partial charge in [-0.15, -0.1) is 0 Å². The Kier molecular flexibility index (Phi) is 2.91. The maximum atomic E-state index is 11.9. The summed E-state index contributed by atoms with van der Waals surface area (Å²) < 4.78 is 9.59. The molecule has 0 spiro atoms. The standard InChI is InChI=1S/C12H18O4/c1-15-10(13)12(11(14)16-2)8-6-4-3-5-7-9(8)12/h8-9H,3-7H2,1-2H3. The molecular formula is C12H18O4. The minimum absolute atomic E-state index is 0.148. The molecule has 0 saturated heterocycles. The lowest BCUT2D eigenvalue weighted by Crippen LogP contribution is -2.32. The zero-order valence-corrected chi connectivity index (χ0v) is 9.82. The van der Waals surface area contributed by atoms with Gasteiger partial charge in [0.05, 0.1) is 14.2 Å². The number of ether oxygens (including phenoxy) is 2. The van der Waals surface area contributed by atoms with E-state index in [1.54, 1.807) is 0 Å². The van der Waals surface area contributed by atoms with Gasteiger partial charge in [0, 0.05) is 0 Å². The van der Waals surface area contributed by atoms with E-state index in [9.17, 15) is 9.59 Å². The zero-order valence-electron chi connectivity index (χ0n) is 9.82. The second kappa shape index (κ2) is 4.07. The minimum Gasteiger partial charge on any atom is -0.468 e. The Morgan fingerprint density at radius 3 is 1.75 bits per heavy atom. The number of fused-ring (bicyclic) bond motifs is 1. The van der Waals surface area contributed by atoms with E-state index < -0.39 is 17.4 Å². The zero-order chi connectivity index (χ0) is 11.8. The molecule has 0 aromatic carbocycles. The lowest BCUT2D eigenvalue weighted by molar-refractivity contribution is -0.163. The summed E-state index contributed by atoms with van der Waals surface area (Å²) in [5.74, 6) is -0.516. The predicted octanol–water partition coefficient (Wildman–Crippen LogP) is 1.53. The third kappa shape index (κ3) is 1.35. The number of rotatable bonds is 2. The lowest BCUT2D eigenvalue weighted by atomic mass is 9.96. The van der Waals surface area contributed by atoms with Crippen LogP contribution in [-0.4, -0.2) is 26.2 Å². The van der Waals surface area contributed by atoms with Crippen molar-refractivity contribution in [3.8, 4) is 0 Å². The molecule has 0 heterocycles. The summed E-state index contributed by atoms with van der Waals surface area (Å²) in [5.41, 5.74) is -0.968. The highest BCUT2D eigenvalue weighted by Crippen LogP contribution is 2.65. The van der Waals surface area contributed by atoms with Gasteiger partial charge in [-0.05, 0) is 24.7 Å². The largest absolute Gasteiger partial charge is 0.468 e. The summed E-state index contributed by atoms with van der Waals surface area (Å²) in [4.78, 5) is 23.7. The highest BCUT2D eigenvalue weighted by Gasteiger charge is 2.75. The molecule has 0 radical (unpaired) electrons. The fourth-order valence-electron chi connectivity index (χ4n) is 3.33. The van der Waals surface area contributed by atoms with Crippen LogP contribution in [0.5, 0.6) is 0 Å². The van der Waals surface area contributed by atoms with E-state index in [0.29, 0.717) is 0 Å². The van der Waals surface area contributed by atoms with Crippen molar-refractivity contribution in [1.29, 1.82) is 0 Å². The fourth-order valence-corrected chi connectivity index (χ4v) is 3.33. The van der Waals surface area contributed by atoms with Gasteiger partial charge in [0.15, 0.2) is 5.41 Å². The summed E-state index contributed by atoms with van der Waals surface area (Å²) in [7, 11) is 2.68. The van der Waals surface area contributed by atoms with Crippen molar-refractivity contribution < 1.29 is 19.1 Å². The van der Waals surface area contributed by atoms with Crippen LogP contribution in [0, 0.1) is 17.3 Å². The van der Waals surface area contributed by atoms with Crippen molar-refractivity contribution in [1.82, 2.24) is 0 Å². The molecule has 4 heteroatoms. The van der Waals surface area contributed by atoms with E-state index >= 15 is 0 Å². The van der Waals surface area contributed by atoms with Gasteiger partial charge in [-0.3, -0.25) is 9.59 Å². The Morgan fingerprint density at radius 2 is 1.38 bits per heavy atom. The summed E-state index contributed by atoms with van der Waals surface area (Å²) in [6.45, 7) is 0. The molecule has 2 fully saturated rings. The molecule has 2 aliphatic rings. The number of esters is 2. The molecule has 0 amide bonds. The van der Waals surface area contributed by atoms with E-state index in [2.05, 4.69) is 0 Å². The normalized spacial score (nSPS) is 30.9. The molecule has 0 bridgehead atoms. The third-order valence-corrected chi connectivity index (χ3v) is 4.12. The summed E-state index contributed by atoms with van der Waals surface area (Å²) in [6, 6.07) is 0. The van der Waals surface area contributed by atoms with Crippen LogP contribution in [0.1, 0.15) is 32.1 Å². The molecule has 0 aliphatic heterocycles. The van der Waals surface area contributed by atoms with Crippen LogP contribution in [0.2, 0.25) is 0 Å². The maximum Gasteiger partial charge on any atom is 0.323 e. The molecular weight excluding hydrogens is 208 g/mol. The van der Waals surface area contributed by atoms with Crippen LogP contribution in [-0.2, 0) is 19.1 Å². The topological polar surface area (TPSA) is 52.6 Å². The second-order valence-electron chi connectivity index (χ2n) is 4.70. The minimum atomic E-state index is -0.968. The summed E-state index contributed by atoms with van der Waals surface area (Å²) in [5, 5.41) is 0. The van der Waals surface area contributed by atoms with Crippen LogP contribution in [0.15, 0.2) is 0 Å². The van der Waals surface area contributed by atoms with Gasteiger partial charge in [-0.2, -0.15) is 0 Å². The van der Waals surface area contributed by atoms with Gasteiger partial charge >= 0.3 is 11.9 Å². The highest BCUT2D eigenvalue weighted by molar-refractivity contribution is 6.04. The molecule has 16 heavy (non-hydrogen) atoms. The van der Waals surface area contributed by atoms with Gasteiger partial charge in [-0.25, -0.2) is 0 Å². The van der Waals surface area contributed by atoms with Crippen LogP contribution < -0.4 is 0 Å². The average molecular weight is 226 g/mol. The molecule has 2 atom stereocenters. The summed E-state index contributed by atoms with van der Waals surface area (Å²) in [6.07, 6.45) is 5.27. The van der Waals surface area contributed by atoms with Gasteiger partial charge in [-0.1, -0.05) is 19.3 Å². The molecule has 0 N–H and O–H groups in total. The SMILES string of the molecule is COC(=O)C1(C(=O)OC)C2CCCCCC21.